The molecule has 380 valence electrons. The van der Waals surface area contributed by atoms with Crippen LogP contribution in [0.5, 0.6) is 0 Å². The Morgan fingerprint density at radius 1 is 0.455 bits per heavy atom. The first kappa shape index (κ1) is 63.0. The van der Waals surface area contributed by atoms with Gasteiger partial charge in [-0.3, -0.25) is 9.59 Å². The molecule has 0 bridgehead atoms. The number of unbranched alkanes of at least 4 members (excludes halogenated alkanes) is 28. The molecule has 3 N–H and O–H groups in total. The molecule has 0 aliphatic rings. The van der Waals surface area contributed by atoms with Crippen molar-refractivity contribution in [2.45, 2.75) is 277 Å². The number of aliphatic hydroxyl groups is 2. The third kappa shape index (κ3) is 47.5. The standard InChI is InChI=1S/C60H105NO5/c1-4-7-10-13-16-19-22-25-27-29-30-32-35-38-41-44-47-50-53-60(65)66-56(51-48-45-42-39-36-33-24-21-18-15-12-9-6-3)54-59(64)61-57(55-62)58(63)52-49-46-43-40-37-34-31-28-26-23-20-17-14-11-8-5-2/h9,12,15,18,21,24,27,29-30,32-33,36,39,42,56-58,62-63H,4-8,10-11,13-14,16-17,19-20,22-23,25-26,28,31,34-35,37-38,40-41,43-55H2,1-3H3,(H,61,64)/b12-9+,18-15+,24-21-,29-27+,32-30+,36-33-,42-39+. The van der Waals surface area contributed by atoms with E-state index >= 15 is 0 Å². The zero-order valence-corrected chi connectivity index (χ0v) is 43.3. The molecule has 0 aromatic carbocycles. The SMILES string of the molecule is CC/C=C/C=C/C=C\C=C/C=C/CCCC(CC(=O)NC(CO)C(O)CCCCCCCCCCCCCCCCCC)OC(=O)CCCCCCC/C=C/C=C/CCCCCCCCC. The summed E-state index contributed by atoms with van der Waals surface area (Å²) in [5, 5.41) is 23.8. The van der Waals surface area contributed by atoms with Crippen molar-refractivity contribution in [3.8, 4) is 0 Å². The highest BCUT2D eigenvalue weighted by Gasteiger charge is 2.24. The molecule has 0 fully saturated rings. The van der Waals surface area contributed by atoms with Gasteiger partial charge in [0.2, 0.25) is 5.91 Å². The van der Waals surface area contributed by atoms with E-state index in [0.717, 1.165) is 77.0 Å². The summed E-state index contributed by atoms with van der Waals surface area (Å²) in [5.41, 5.74) is 0. The Morgan fingerprint density at radius 2 is 0.833 bits per heavy atom. The van der Waals surface area contributed by atoms with Crippen molar-refractivity contribution in [1.29, 1.82) is 0 Å². The minimum atomic E-state index is -0.814. The lowest BCUT2D eigenvalue weighted by Crippen LogP contribution is -2.46. The smallest absolute Gasteiger partial charge is 0.306 e. The van der Waals surface area contributed by atoms with E-state index in [2.05, 4.69) is 62.5 Å². The quantitative estimate of drug-likeness (QED) is 0.0321. The van der Waals surface area contributed by atoms with E-state index in [0.29, 0.717) is 19.3 Å². The van der Waals surface area contributed by atoms with Crippen LogP contribution in [-0.4, -0.2) is 46.9 Å². The molecule has 3 atom stereocenters. The molecule has 0 aliphatic carbocycles. The first-order chi connectivity index (χ1) is 32.5. The summed E-state index contributed by atoms with van der Waals surface area (Å²) >= 11 is 0. The monoisotopic (exact) mass is 920 g/mol. The zero-order valence-electron chi connectivity index (χ0n) is 43.3. The second kappa shape index (κ2) is 53.0. The number of allylic oxidation sites excluding steroid dienone is 14. The molecule has 0 radical (unpaired) electrons. The highest BCUT2D eigenvalue weighted by molar-refractivity contribution is 5.77. The van der Waals surface area contributed by atoms with Crippen molar-refractivity contribution in [2.75, 3.05) is 6.61 Å². The van der Waals surface area contributed by atoms with Crippen molar-refractivity contribution >= 4 is 11.9 Å². The van der Waals surface area contributed by atoms with Gasteiger partial charge in [-0.1, -0.05) is 266 Å². The van der Waals surface area contributed by atoms with Crippen LogP contribution < -0.4 is 5.32 Å². The Kier molecular flexibility index (Phi) is 50.6. The highest BCUT2D eigenvalue weighted by atomic mass is 16.5. The van der Waals surface area contributed by atoms with Gasteiger partial charge in [0.25, 0.3) is 0 Å². The van der Waals surface area contributed by atoms with Crippen LogP contribution in [0, 0.1) is 0 Å². The number of carbonyl (C=O) groups is 2. The topological polar surface area (TPSA) is 95.9 Å². The van der Waals surface area contributed by atoms with Gasteiger partial charge in [-0.05, 0) is 64.2 Å². The second-order valence-electron chi connectivity index (χ2n) is 18.8. The van der Waals surface area contributed by atoms with Gasteiger partial charge in [0.15, 0.2) is 0 Å². The van der Waals surface area contributed by atoms with Crippen molar-refractivity contribution in [3.05, 3.63) is 85.1 Å². The van der Waals surface area contributed by atoms with Crippen molar-refractivity contribution in [3.63, 3.8) is 0 Å². The molecule has 6 heteroatoms. The molecule has 0 aromatic rings. The van der Waals surface area contributed by atoms with Crippen LogP contribution in [-0.2, 0) is 14.3 Å². The molecule has 0 aromatic heterocycles. The maximum atomic E-state index is 13.2. The van der Waals surface area contributed by atoms with Gasteiger partial charge >= 0.3 is 5.97 Å². The summed E-state index contributed by atoms with van der Waals surface area (Å²) in [6, 6.07) is -0.732. The van der Waals surface area contributed by atoms with Crippen LogP contribution in [0.2, 0.25) is 0 Å². The summed E-state index contributed by atoms with van der Waals surface area (Å²) in [5.74, 6) is -0.564. The Balaban J connectivity index is 4.64. The summed E-state index contributed by atoms with van der Waals surface area (Å²) in [7, 11) is 0. The number of ether oxygens (including phenoxy) is 1. The molecule has 0 heterocycles. The van der Waals surface area contributed by atoms with E-state index in [9.17, 15) is 19.8 Å². The van der Waals surface area contributed by atoms with Crippen LogP contribution in [0.15, 0.2) is 85.1 Å². The molecular weight excluding hydrogens is 815 g/mol. The molecule has 1 amide bonds. The maximum Gasteiger partial charge on any atom is 0.306 e. The Hall–Kier alpha value is -2.96. The van der Waals surface area contributed by atoms with E-state index in [1.807, 2.05) is 48.6 Å². The fourth-order valence-electron chi connectivity index (χ4n) is 8.15. The Labute approximate surface area is 408 Å². The average molecular weight is 921 g/mol. The fourth-order valence-corrected chi connectivity index (χ4v) is 8.15. The number of carbonyl (C=O) groups excluding carboxylic acids is 2. The van der Waals surface area contributed by atoms with Crippen LogP contribution in [0.25, 0.3) is 0 Å². The fraction of sp³-hybridized carbons (Fsp3) is 0.733. The third-order valence-electron chi connectivity index (χ3n) is 12.4. The minimum absolute atomic E-state index is 0.0191. The number of nitrogens with one attached hydrogen (secondary N) is 1. The largest absolute Gasteiger partial charge is 0.462 e. The molecule has 0 saturated carbocycles. The van der Waals surface area contributed by atoms with Crippen molar-refractivity contribution in [1.82, 2.24) is 5.32 Å². The van der Waals surface area contributed by atoms with Gasteiger partial charge in [-0.25, -0.2) is 0 Å². The molecular formula is C60H105NO5. The number of esters is 1. The molecule has 0 spiro atoms. The predicted molar refractivity (Wildman–Crippen MR) is 287 cm³/mol. The molecule has 3 unspecified atom stereocenters. The second-order valence-corrected chi connectivity index (χ2v) is 18.8. The predicted octanol–water partition coefficient (Wildman–Crippen LogP) is 17.1. The van der Waals surface area contributed by atoms with Gasteiger partial charge in [-0.15, -0.1) is 0 Å². The normalized spacial score (nSPS) is 13.8. The zero-order chi connectivity index (χ0) is 48.1. The third-order valence-corrected chi connectivity index (χ3v) is 12.4. The summed E-state index contributed by atoms with van der Waals surface area (Å²) in [6.45, 7) is 6.32. The number of hydrogen-bond donors (Lipinski definition) is 3. The van der Waals surface area contributed by atoms with Crippen LogP contribution in [0.4, 0.5) is 0 Å². The Morgan fingerprint density at radius 3 is 1.29 bits per heavy atom. The van der Waals surface area contributed by atoms with Crippen LogP contribution >= 0.6 is 0 Å². The highest BCUT2D eigenvalue weighted by Crippen LogP contribution is 2.17. The van der Waals surface area contributed by atoms with Crippen molar-refractivity contribution < 1.29 is 24.5 Å². The van der Waals surface area contributed by atoms with E-state index in [-0.39, 0.29) is 24.9 Å². The first-order valence-corrected chi connectivity index (χ1v) is 27.9. The van der Waals surface area contributed by atoms with Gasteiger partial charge in [0, 0.05) is 6.42 Å². The lowest BCUT2D eigenvalue weighted by Gasteiger charge is -2.24. The first-order valence-electron chi connectivity index (χ1n) is 27.9. The van der Waals surface area contributed by atoms with E-state index in [1.165, 1.54) is 135 Å². The summed E-state index contributed by atoms with van der Waals surface area (Å²) < 4.78 is 5.90. The van der Waals surface area contributed by atoms with E-state index in [1.54, 1.807) is 0 Å². The van der Waals surface area contributed by atoms with E-state index in [4.69, 9.17) is 4.74 Å². The number of amides is 1. The van der Waals surface area contributed by atoms with Gasteiger partial charge in [-0.2, -0.15) is 0 Å². The molecule has 6 nitrogen and oxygen atoms in total. The summed E-state index contributed by atoms with van der Waals surface area (Å²) in [4.78, 5) is 26.2. The summed E-state index contributed by atoms with van der Waals surface area (Å²) in [6.07, 6.45) is 69.4. The number of rotatable bonds is 49. The van der Waals surface area contributed by atoms with Crippen molar-refractivity contribution in [2.24, 2.45) is 0 Å². The lowest BCUT2D eigenvalue weighted by molar-refractivity contribution is -0.151. The number of hydrogen-bond acceptors (Lipinski definition) is 5. The molecule has 66 heavy (non-hydrogen) atoms. The van der Waals surface area contributed by atoms with Gasteiger partial charge in [0.1, 0.15) is 6.10 Å². The maximum absolute atomic E-state index is 13.2. The average Bonchev–Trinajstić information content (AvgIpc) is 3.31. The molecule has 0 rings (SSSR count). The minimum Gasteiger partial charge on any atom is -0.462 e. The lowest BCUT2D eigenvalue weighted by atomic mass is 10.0. The molecule has 0 saturated heterocycles. The molecule has 0 aliphatic heterocycles. The van der Waals surface area contributed by atoms with Crippen LogP contribution in [0.3, 0.4) is 0 Å². The van der Waals surface area contributed by atoms with E-state index < -0.39 is 18.2 Å². The Bertz CT molecular complexity index is 1260. The van der Waals surface area contributed by atoms with Gasteiger partial charge < -0.3 is 20.3 Å². The van der Waals surface area contributed by atoms with Crippen LogP contribution in [0.1, 0.15) is 258 Å². The van der Waals surface area contributed by atoms with Gasteiger partial charge in [0.05, 0.1) is 25.2 Å². The number of aliphatic hydroxyl groups excluding tert-OH is 2.